The van der Waals surface area contributed by atoms with E-state index in [1.165, 1.54) is 21.8 Å². The van der Waals surface area contributed by atoms with Crippen LogP contribution in [0.5, 0.6) is 5.75 Å². The number of pyridine rings is 1. The first-order chi connectivity index (χ1) is 21.6. The fourth-order valence-corrected chi connectivity index (χ4v) is 7.30. The van der Waals surface area contributed by atoms with E-state index in [9.17, 15) is 28.3 Å². The van der Waals surface area contributed by atoms with Gasteiger partial charge in [0, 0.05) is 50.9 Å². The summed E-state index contributed by atoms with van der Waals surface area (Å²) >= 11 is 1.02. The van der Waals surface area contributed by atoms with E-state index in [4.69, 9.17) is 4.74 Å². The number of hydrogen-bond acceptors (Lipinski definition) is 9. The van der Waals surface area contributed by atoms with Gasteiger partial charge in [-0.3, -0.25) is 14.6 Å². The summed E-state index contributed by atoms with van der Waals surface area (Å²) in [5.41, 5.74) is -0.295. The van der Waals surface area contributed by atoms with E-state index in [0.717, 1.165) is 29.0 Å². The monoisotopic (exact) mass is 632 g/mol. The first kappa shape index (κ1) is 28.6. The van der Waals surface area contributed by atoms with Crippen molar-refractivity contribution in [3.05, 3.63) is 111 Å². The largest absolute Gasteiger partial charge is 0.502 e. The van der Waals surface area contributed by atoms with Crippen LogP contribution < -0.4 is 10.4 Å². The zero-order valence-corrected chi connectivity index (χ0v) is 24.8. The van der Waals surface area contributed by atoms with Gasteiger partial charge in [0.25, 0.3) is 5.91 Å². The van der Waals surface area contributed by atoms with Crippen LogP contribution in [0.4, 0.5) is 13.6 Å². The Morgan fingerprint density at radius 3 is 2.71 bits per heavy atom. The highest BCUT2D eigenvalue weighted by atomic mass is 32.1. The molecule has 1 spiro atoms. The fourth-order valence-electron chi connectivity index (χ4n) is 6.43. The standard InChI is InChI=1S/C31H26F2N6O5S/c1-17-22-15-37(30(43)44-16-18-6-4-3-5-7-18)11-10-31(22)36(2)29(42)25-27(41)26(40)21(14-38(25)39(17)31)28-35-34-24(45-28)12-19-8-9-20(32)13-23(19)33/h3-9,13-14,22,41H,1,10-12,15-16H2,2H3. The Balaban J connectivity index is 1.17. The van der Waals surface area contributed by atoms with Crippen molar-refractivity contribution in [2.45, 2.75) is 25.1 Å². The number of fused-ring (bicyclic) bond motifs is 2. The number of nitrogens with zero attached hydrogens (tertiary/aromatic N) is 6. The van der Waals surface area contributed by atoms with Gasteiger partial charge in [-0.1, -0.05) is 54.3 Å². The Bertz CT molecular complexity index is 1950. The van der Waals surface area contributed by atoms with E-state index in [0.29, 0.717) is 23.7 Å². The maximum absolute atomic E-state index is 14.2. The first-order valence-corrected chi connectivity index (χ1v) is 14.9. The lowest BCUT2D eigenvalue weighted by molar-refractivity contribution is -0.0537. The highest BCUT2D eigenvalue weighted by Gasteiger charge is 2.66. The zero-order chi connectivity index (χ0) is 31.6. The number of rotatable bonds is 5. The third kappa shape index (κ3) is 4.38. The number of piperidine rings is 1. The topological polar surface area (TPSA) is 121 Å². The smallest absolute Gasteiger partial charge is 0.410 e. The van der Waals surface area contributed by atoms with Gasteiger partial charge >= 0.3 is 6.09 Å². The summed E-state index contributed by atoms with van der Waals surface area (Å²) in [7, 11) is 1.60. The highest BCUT2D eigenvalue weighted by molar-refractivity contribution is 7.14. The van der Waals surface area contributed by atoms with Gasteiger partial charge in [-0.05, 0) is 17.2 Å². The molecule has 14 heteroatoms. The SMILES string of the molecule is C=C1C2CN(C(=O)OCc3ccccc3)CCC23N(C)C(=O)c2c(O)c(=O)c(-c4nnc(Cc5ccc(F)cc5F)s4)cn2N13. The molecule has 5 heterocycles. The quantitative estimate of drug-likeness (QED) is 0.353. The molecule has 45 heavy (non-hydrogen) atoms. The minimum Gasteiger partial charge on any atom is -0.502 e. The molecule has 7 rings (SSSR count). The summed E-state index contributed by atoms with van der Waals surface area (Å²) in [5, 5.41) is 21.5. The first-order valence-electron chi connectivity index (χ1n) is 14.1. The summed E-state index contributed by atoms with van der Waals surface area (Å²) in [4.78, 5) is 43.0. The minimum atomic E-state index is -0.900. The van der Waals surface area contributed by atoms with Crippen molar-refractivity contribution in [1.29, 1.82) is 0 Å². The number of amides is 2. The molecule has 2 saturated heterocycles. The van der Waals surface area contributed by atoms with E-state index < -0.39 is 40.5 Å². The van der Waals surface area contributed by atoms with E-state index in [1.54, 1.807) is 17.0 Å². The molecule has 3 aliphatic heterocycles. The van der Waals surface area contributed by atoms with Gasteiger partial charge in [-0.25, -0.2) is 18.3 Å². The minimum absolute atomic E-state index is 0.00902. The number of likely N-dealkylation sites (tertiary alicyclic amines) is 1. The Kier molecular flexibility index (Phi) is 6.69. The summed E-state index contributed by atoms with van der Waals surface area (Å²) < 4.78 is 34.5. The number of ether oxygens (including phenoxy) is 1. The van der Waals surface area contributed by atoms with Crippen LogP contribution in [-0.4, -0.2) is 67.6 Å². The van der Waals surface area contributed by atoms with Crippen LogP contribution in [0.2, 0.25) is 0 Å². The number of benzene rings is 2. The molecule has 2 atom stereocenters. The van der Waals surface area contributed by atoms with Crippen LogP contribution in [0.15, 0.2) is 71.8 Å². The van der Waals surface area contributed by atoms with Crippen molar-refractivity contribution in [3.8, 4) is 16.3 Å². The van der Waals surface area contributed by atoms with Gasteiger partial charge in [-0.2, -0.15) is 0 Å². The number of hydrogen-bond donors (Lipinski definition) is 1. The molecule has 0 bridgehead atoms. The van der Waals surface area contributed by atoms with Gasteiger partial charge in [0.2, 0.25) is 5.43 Å². The molecule has 11 nitrogen and oxygen atoms in total. The van der Waals surface area contributed by atoms with E-state index in [2.05, 4.69) is 16.8 Å². The molecule has 230 valence electrons. The van der Waals surface area contributed by atoms with Crippen molar-refractivity contribution in [1.82, 2.24) is 24.7 Å². The van der Waals surface area contributed by atoms with Crippen molar-refractivity contribution < 1.29 is 28.2 Å². The molecule has 4 aromatic rings. The van der Waals surface area contributed by atoms with Crippen molar-refractivity contribution in [2.24, 2.45) is 5.92 Å². The summed E-state index contributed by atoms with van der Waals surface area (Å²) in [6, 6.07) is 12.6. The lowest BCUT2D eigenvalue weighted by Gasteiger charge is -2.68. The van der Waals surface area contributed by atoms with Gasteiger partial charge in [0.15, 0.2) is 16.5 Å². The molecule has 2 unspecified atom stereocenters. The Morgan fingerprint density at radius 2 is 1.96 bits per heavy atom. The molecule has 2 fully saturated rings. The number of aromatic nitrogens is 3. The number of halogens is 2. The molecule has 2 aromatic heterocycles. The van der Waals surface area contributed by atoms with Crippen LogP contribution in [0, 0.1) is 17.6 Å². The summed E-state index contributed by atoms with van der Waals surface area (Å²) in [6.45, 7) is 4.91. The van der Waals surface area contributed by atoms with E-state index >= 15 is 0 Å². The lowest BCUT2D eigenvalue weighted by Crippen LogP contribution is -2.83. The third-order valence-electron chi connectivity index (χ3n) is 8.74. The maximum Gasteiger partial charge on any atom is 0.410 e. The maximum atomic E-state index is 14.2. The molecule has 2 aromatic carbocycles. The van der Waals surface area contributed by atoms with Gasteiger partial charge in [0.05, 0.1) is 11.5 Å². The van der Waals surface area contributed by atoms with Crippen LogP contribution in [0.3, 0.4) is 0 Å². The van der Waals surface area contributed by atoms with Gasteiger partial charge in [0.1, 0.15) is 28.9 Å². The van der Waals surface area contributed by atoms with Crippen molar-refractivity contribution >= 4 is 23.3 Å². The van der Waals surface area contributed by atoms with Crippen LogP contribution >= 0.6 is 11.3 Å². The number of carbonyl (C=O) groups is 2. The molecule has 0 radical (unpaired) electrons. The molecule has 2 amide bonds. The molecule has 0 aliphatic carbocycles. The fraction of sp³-hybridized carbons (Fsp3) is 0.258. The number of carbonyl (C=O) groups excluding carboxylic acids is 2. The van der Waals surface area contributed by atoms with E-state index in [1.807, 2.05) is 30.3 Å². The van der Waals surface area contributed by atoms with Crippen LogP contribution in [0.25, 0.3) is 10.6 Å². The average molecular weight is 633 g/mol. The van der Waals surface area contributed by atoms with E-state index in [-0.39, 0.29) is 47.3 Å². The second-order valence-corrected chi connectivity index (χ2v) is 12.2. The number of aromatic hydroxyl groups is 1. The molecular weight excluding hydrogens is 606 g/mol. The third-order valence-corrected chi connectivity index (χ3v) is 9.69. The van der Waals surface area contributed by atoms with Gasteiger partial charge in [-0.15, -0.1) is 10.2 Å². The Hall–Kier alpha value is -5.11. The Labute approximate surface area is 259 Å². The average Bonchev–Trinajstić information content (AvgIpc) is 3.50. The van der Waals surface area contributed by atoms with Crippen molar-refractivity contribution in [3.63, 3.8) is 0 Å². The van der Waals surface area contributed by atoms with Crippen LogP contribution in [-0.2, 0) is 17.8 Å². The summed E-state index contributed by atoms with van der Waals surface area (Å²) in [5.74, 6) is -3.07. The second-order valence-electron chi connectivity index (χ2n) is 11.2. The predicted molar refractivity (Wildman–Crippen MR) is 159 cm³/mol. The highest BCUT2D eigenvalue weighted by Crippen LogP contribution is 2.53. The summed E-state index contributed by atoms with van der Waals surface area (Å²) in [6.07, 6.45) is 1.33. The van der Waals surface area contributed by atoms with Crippen molar-refractivity contribution in [2.75, 3.05) is 25.1 Å². The normalized spacial score (nSPS) is 20.3. The zero-order valence-electron chi connectivity index (χ0n) is 23.9. The molecule has 0 saturated carbocycles. The molecular formula is C31H26F2N6O5S. The second kappa shape index (κ2) is 10.5. The van der Waals surface area contributed by atoms with Gasteiger partial charge < -0.3 is 19.6 Å². The molecule has 3 aliphatic rings. The Morgan fingerprint density at radius 1 is 1.18 bits per heavy atom. The van der Waals surface area contributed by atoms with Crippen LogP contribution in [0.1, 0.15) is 33.0 Å². The lowest BCUT2D eigenvalue weighted by atomic mass is 9.72. The predicted octanol–water partition coefficient (Wildman–Crippen LogP) is 3.85. The molecule has 1 N–H and O–H groups in total.